The molecule has 0 spiro atoms. The van der Waals surface area contributed by atoms with Crippen molar-refractivity contribution in [2.45, 2.75) is 45.3 Å². The van der Waals surface area contributed by atoms with Crippen LogP contribution in [0.3, 0.4) is 0 Å². The highest BCUT2D eigenvalue weighted by molar-refractivity contribution is 6.45. The molecule has 0 aromatic heterocycles. The van der Waals surface area contributed by atoms with Crippen molar-refractivity contribution in [2.24, 2.45) is 23.0 Å². The van der Waals surface area contributed by atoms with Crippen LogP contribution in [-0.2, 0) is 9.31 Å². The third-order valence-corrected chi connectivity index (χ3v) is 5.19. The topological polar surface area (TPSA) is 44.5 Å². The molecule has 0 aromatic carbocycles. The molecule has 1 heterocycles. The molecule has 3 aliphatic carbocycles. The highest BCUT2D eigenvalue weighted by Gasteiger charge is 2.67. The third-order valence-electron chi connectivity index (χ3n) is 5.19. The second kappa shape index (κ2) is 3.61. The lowest BCUT2D eigenvalue weighted by Gasteiger charge is -2.64. The fourth-order valence-electron chi connectivity index (χ4n) is 4.05. The van der Waals surface area contributed by atoms with Crippen molar-refractivity contribution in [1.29, 1.82) is 0 Å². The lowest BCUT2D eigenvalue weighted by atomic mass is 9.43. The molecule has 5 heteroatoms. The van der Waals surface area contributed by atoms with E-state index in [1.807, 2.05) is 0 Å². The summed E-state index contributed by atoms with van der Waals surface area (Å²) in [7, 11) is -0.171. The van der Waals surface area contributed by atoms with Gasteiger partial charge >= 0.3 is 7.12 Å². The third kappa shape index (κ3) is 1.33. The molecule has 1 aliphatic heterocycles. The van der Waals surface area contributed by atoms with Gasteiger partial charge in [-0.05, 0) is 37.0 Å². The van der Waals surface area contributed by atoms with Crippen LogP contribution in [0.15, 0.2) is 0 Å². The van der Waals surface area contributed by atoms with E-state index in [9.17, 15) is 0 Å². The highest BCUT2D eigenvalue weighted by Crippen LogP contribution is 2.65. The van der Waals surface area contributed by atoms with Crippen molar-refractivity contribution in [3.63, 3.8) is 0 Å². The van der Waals surface area contributed by atoms with E-state index in [4.69, 9.17) is 15.0 Å². The van der Waals surface area contributed by atoms with E-state index in [0.717, 1.165) is 12.3 Å². The van der Waals surface area contributed by atoms with Gasteiger partial charge in [0.1, 0.15) is 0 Å². The summed E-state index contributed by atoms with van der Waals surface area (Å²) in [5.74, 6) is 1.46. The Morgan fingerprint density at radius 1 is 1.31 bits per heavy atom. The van der Waals surface area contributed by atoms with Gasteiger partial charge in [-0.1, -0.05) is 13.8 Å². The van der Waals surface area contributed by atoms with Crippen LogP contribution >= 0.6 is 12.4 Å². The van der Waals surface area contributed by atoms with Crippen molar-refractivity contribution in [2.75, 3.05) is 6.44 Å². The standard InChI is InChI=1S/C11H20BNO2.ClH/c1-10(2)7-4-8(10)11(3)9(5-7)14-12(6-13)15-11;/h7-9H,4-6,13H2,1-3H3;1H/t7-,8-,9+,11-;/m0./s1. The molecule has 16 heavy (non-hydrogen) atoms. The molecule has 4 aliphatic rings. The van der Waals surface area contributed by atoms with Gasteiger partial charge in [0.2, 0.25) is 0 Å². The number of nitrogens with two attached hydrogens (primary N) is 1. The maximum Gasteiger partial charge on any atom is 0.472 e. The molecule has 0 radical (unpaired) electrons. The normalized spacial score (nSPS) is 48.0. The van der Waals surface area contributed by atoms with Crippen molar-refractivity contribution in [1.82, 2.24) is 0 Å². The monoisotopic (exact) mass is 245 g/mol. The summed E-state index contributed by atoms with van der Waals surface area (Å²) in [4.78, 5) is 0. The zero-order valence-electron chi connectivity index (χ0n) is 10.2. The predicted octanol–water partition coefficient (Wildman–Crippen LogP) is 1.63. The zero-order valence-corrected chi connectivity index (χ0v) is 11.0. The average Bonchev–Trinajstić information content (AvgIpc) is 2.53. The van der Waals surface area contributed by atoms with Crippen LogP contribution in [0.1, 0.15) is 33.6 Å². The van der Waals surface area contributed by atoms with E-state index in [-0.39, 0.29) is 31.2 Å². The van der Waals surface area contributed by atoms with Crippen LogP contribution in [0.25, 0.3) is 0 Å². The van der Waals surface area contributed by atoms with E-state index >= 15 is 0 Å². The van der Waals surface area contributed by atoms with E-state index < -0.39 is 0 Å². The molecular weight excluding hydrogens is 224 g/mol. The van der Waals surface area contributed by atoms with Crippen molar-refractivity contribution < 1.29 is 9.31 Å². The first kappa shape index (κ1) is 12.7. The lowest BCUT2D eigenvalue weighted by molar-refractivity contribution is -0.199. The zero-order chi connectivity index (χ0) is 10.8. The average molecular weight is 246 g/mol. The molecule has 0 unspecified atom stereocenters. The predicted molar refractivity (Wildman–Crippen MR) is 66.4 cm³/mol. The number of halogens is 1. The second-order valence-corrected chi connectivity index (χ2v) is 6.13. The number of rotatable bonds is 1. The summed E-state index contributed by atoms with van der Waals surface area (Å²) < 4.78 is 11.9. The largest absolute Gasteiger partial charge is 0.472 e. The summed E-state index contributed by atoms with van der Waals surface area (Å²) in [6.45, 7) is 6.95. The minimum absolute atomic E-state index is 0. The van der Waals surface area contributed by atoms with Crippen molar-refractivity contribution in [3.8, 4) is 0 Å². The SMILES string of the molecule is CC1(C)[C@@H]2C[C@H]3OB(CN)O[C@@]3(C)[C@H]1C2.Cl. The van der Waals surface area contributed by atoms with E-state index in [2.05, 4.69) is 20.8 Å². The van der Waals surface area contributed by atoms with Gasteiger partial charge in [-0.15, -0.1) is 12.4 Å². The van der Waals surface area contributed by atoms with E-state index in [1.54, 1.807) is 0 Å². The summed E-state index contributed by atoms with van der Waals surface area (Å²) in [5, 5.41) is 0. The minimum Gasteiger partial charge on any atom is -0.405 e. The number of hydrogen-bond acceptors (Lipinski definition) is 3. The van der Waals surface area contributed by atoms with E-state index in [1.165, 1.54) is 6.42 Å². The Kier molecular flexibility index (Phi) is 2.86. The lowest BCUT2D eigenvalue weighted by Crippen LogP contribution is -2.65. The van der Waals surface area contributed by atoms with Gasteiger partial charge in [-0.3, -0.25) is 0 Å². The summed E-state index contributed by atoms with van der Waals surface area (Å²) in [6, 6.07) is 0. The molecule has 2 N–H and O–H groups in total. The molecule has 2 bridgehead atoms. The number of hydrogen-bond donors (Lipinski definition) is 1. The molecule has 3 saturated carbocycles. The molecule has 0 aromatic rings. The fourth-order valence-corrected chi connectivity index (χ4v) is 4.05. The Morgan fingerprint density at radius 2 is 2.00 bits per heavy atom. The van der Waals surface area contributed by atoms with Gasteiger partial charge in [0.25, 0.3) is 0 Å². The molecule has 4 atom stereocenters. The van der Waals surface area contributed by atoms with Gasteiger partial charge in [0, 0.05) is 6.44 Å². The Hall–Kier alpha value is 0.235. The summed E-state index contributed by atoms with van der Waals surface area (Å²) in [6.07, 6.45) is 3.21. The Labute approximate surface area is 104 Å². The van der Waals surface area contributed by atoms with Gasteiger partial charge < -0.3 is 15.0 Å². The molecule has 92 valence electrons. The van der Waals surface area contributed by atoms with Gasteiger partial charge in [-0.25, -0.2) is 0 Å². The van der Waals surface area contributed by atoms with Gasteiger partial charge in [0.05, 0.1) is 11.7 Å². The van der Waals surface area contributed by atoms with Gasteiger partial charge in [-0.2, -0.15) is 0 Å². The first-order chi connectivity index (χ1) is 6.98. The van der Waals surface area contributed by atoms with Crippen LogP contribution in [0, 0.1) is 17.3 Å². The molecule has 0 amide bonds. The Bertz CT molecular complexity index is 302. The van der Waals surface area contributed by atoms with Crippen LogP contribution in [0.5, 0.6) is 0 Å². The van der Waals surface area contributed by atoms with Crippen LogP contribution in [0.4, 0.5) is 0 Å². The van der Waals surface area contributed by atoms with Crippen LogP contribution < -0.4 is 5.73 Å². The quantitative estimate of drug-likeness (QED) is 0.714. The van der Waals surface area contributed by atoms with Crippen LogP contribution in [-0.4, -0.2) is 25.3 Å². The highest BCUT2D eigenvalue weighted by atomic mass is 35.5. The molecule has 4 fully saturated rings. The molecule has 1 saturated heterocycles. The minimum atomic E-state index is -0.171. The second-order valence-electron chi connectivity index (χ2n) is 6.13. The van der Waals surface area contributed by atoms with Crippen LogP contribution in [0.2, 0.25) is 0 Å². The Balaban J connectivity index is 0.000000963. The van der Waals surface area contributed by atoms with Gasteiger partial charge in [0.15, 0.2) is 0 Å². The first-order valence-electron chi connectivity index (χ1n) is 6.02. The smallest absolute Gasteiger partial charge is 0.405 e. The maximum atomic E-state index is 6.04. The molecular formula is C11H21BClNO2. The maximum absolute atomic E-state index is 6.04. The summed E-state index contributed by atoms with van der Waals surface area (Å²) >= 11 is 0. The molecule has 4 rings (SSSR count). The van der Waals surface area contributed by atoms with Crippen molar-refractivity contribution >= 4 is 19.5 Å². The molecule has 3 nitrogen and oxygen atoms in total. The van der Waals surface area contributed by atoms with Crippen molar-refractivity contribution in [3.05, 3.63) is 0 Å². The Morgan fingerprint density at radius 3 is 2.56 bits per heavy atom. The fraction of sp³-hybridized carbons (Fsp3) is 1.00. The first-order valence-corrected chi connectivity index (χ1v) is 6.02. The summed E-state index contributed by atoms with van der Waals surface area (Å²) in [5.41, 5.74) is 5.97. The van der Waals surface area contributed by atoms with E-state index in [0.29, 0.717) is 17.8 Å².